The molecule has 0 aliphatic rings. The number of aromatic nitrogens is 3. The van der Waals surface area contributed by atoms with E-state index in [9.17, 15) is 0 Å². The third-order valence-electron chi connectivity index (χ3n) is 3.54. The summed E-state index contributed by atoms with van der Waals surface area (Å²) in [6, 6.07) is 7.96. The monoisotopic (exact) mass is 299 g/mol. The van der Waals surface area contributed by atoms with Gasteiger partial charge in [0.05, 0.1) is 7.11 Å². The van der Waals surface area contributed by atoms with Gasteiger partial charge in [0, 0.05) is 17.5 Å². The van der Waals surface area contributed by atoms with Crippen molar-refractivity contribution in [1.82, 2.24) is 15.0 Å². The zero-order valence-electron chi connectivity index (χ0n) is 13.8. The molecule has 0 atom stereocenters. The summed E-state index contributed by atoms with van der Waals surface area (Å²) < 4.78 is 5.32. The Hall–Kier alpha value is -1.97. The Labute approximate surface area is 133 Å². The van der Waals surface area contributed by atoms with Crippen LogP contribution in [-0.2, 0) is 12.8 Å². The van der Waals surface area contributed by atoms with Crippen LogP contribution in [0.4, 0.5) is 0 Å². The van der Waals surface area contributed by atoms with E-state index < -0.39 is 0 Å². The van der Waals surface area contributed by atoms with Gasteiger partial charge in [0.25, 0.3) is 0 Å². The minimum absolute atomic E-state index is 0.610. The summed E-state index contributed by atoms with van der Waals surface area (Å²) in [6.07, 6.45) is 6.56. The van der Waals surface area contributed by atoms with E-state index in [1.54, 1.807) is 7.11 Å². The van der Waals surface area contributed by atoms with Crippen molar-refractivity contribution >= 4 is 0 Å². The third-order valence-corrected chi connectivity index (χ3v) is 3.54. The highest BCUT2D eigenvalue weighted by atomic mass is 16.5. The minimum Gasteiger partial charge on any atom is -0.481 e. The van der Waals surface area contributed by atoms with E-state index >= 15 is 0 Å². The third kappa shape index (κ3) is 4.52. The van der Waals surface area contributed by atoms with Gasteiger partial charge in [-0.25, -0.2) is 9.97 Å². The van der Waals surface area contributed by atoms with Crippen LogP contribution < -0.4 is 4.74 Å². The predicted octanol–water partition coefficient (Wildman–Crippen LogP) is 4.23. The standard InChI is InChI=1S/C18H25N3O/c1-4-6-7-10-15-13-17(22-3)21-18(20-15)16-12-8-11-14(19-16)9-5-2/h8,11-13H,4-7,9-10H2,1-3H3. The molecule has 0 N–H and O–H groups in total. The van der Waals surface area contributed by atoms with Gasteiger partial charge in [-0.3, -0.25) is 0 Å². The van der Waals surface area contributed by atoms with Crippen molar-refractivity contribution in [2.45, 2.75) is 52.4 Å². The smallest absolute Gasteiger partial charge is 0.216 e. The fraction of sp³-hybridized carbons (Fsp3) is 0.500. The number of hydrogen-bond acceptors (Lipinski definition) is 4. The molecule has 0 bridgehead atoms. The molecular weight excluding hydrogens is 274 g/mol. The lowest BCUT2D eigenvalue weighted by Crippen LogP contribution is -2.01. The fourth-order valence-corrected chi connectivity index (χ4v) is 2.38. The van der Waals surface area contributed by atoms with Crippen molar-refractivity contribution in [3.05, 3.63) is 35.7 Å². The largest absolute Gasteiger partial charge is 0.481 e. The number of unbranched alkanes of at least 4 members (excludes halogenated alkanes) is 2. The van der Waals surface area contributed by atoms with Crippen molar-refractivity contribution in [1.29, 1.82) is 0 Å². The van der Waals surface area contributed by atoms with E-state index in [1.807, 2.05) is 18.2 Å². The van der Waals surface area contributed by atoms with E-state index in [0.717, 1.165) is 42.8 Å². The summed E-state index contributed by atoms with van der Waals surface area (Å²) in [7, 11) is 1.64. The molecule has 0 amide bonds. The first-order valence-corrected chi connectivity index (χ1v) is 8.15. The number of ether oxygens (including phenoxy) is 1. The highest BCUT2D eigenvalue weighted by Gasteiger charge is 2.09. The van der Waals surface area contributed by atoms with E-state index in [0.29, 0.717) is 11.7 Å². The first kappa shape index (κ1) is 16.4. The summed E-state index contributed by atoms with van der Waals surface area (Å²) in [6.45, 7) is 4.36. The second kappa shape index (κ2) is 8.47. The molecule has 4 heteroatoms. The first-order chi connectivity index (χ1) is 10.8. The molecule has 0 aliphatic carbocycles. The lowest BCUT2D eigenvalue weighted by molar-refractivity contribution is 0.396. The lowest BCUT2D eigenvalue weighted by Gasteiger charge is -2.08. The van der Waals surface area contributed by atoms with Crippen LogP contribution >= 0.6 is 0 Å². The van der Waals surface area contributed by atoms with Crippen molar-refractivity contribution in [2.75, 3.05) is 7.11 Å². The predicted molar refractivity (Wildman–Crippen MR) is 89.0 cm³/mol. The van der Waals surface area contributed by atoms with Gasteiger partial charge in [-0.15, -0.1) is 0 Å². The number of nitrogens with zero attached hydrogens (tertiary/aromatic N) is 3. The van der Waals surface area contributed by atoms with Gasteiger partial charge < -0.3 is 4.74 Å². The molecule has 0 aliphatic heterocycles. The maximum Gasteiger partial charge on any atom is 0.216 e. The van der Waals surface area contributed by atoms with Crippen LogP contribution in [0.5, 0.6) is 5.88 Å². The Morgan fingerprint density at radius 1 is 0.909 bits per heavy atom. The Morgan fingerprint density at radius 2 is 1.77 bits per heavy atom. The number of hydrogen-bond donors (Lipinski definition) is 0. The zero-order valence-corrected chi connectivity index (χ0v) is 13.8. The van der Waals surface area contributed by atoms with E-state index in [1.165, 1.54) is 12.8 Å². The number of aryl methyl sites for hydroxylation is 2. The van der Waals surface area contributed by atoms with E-state index in [-0.39, 0.29) is 0 Å². The summed E-state index contributed by atoms with van der Waals surface area (Å²) >= 11 is 0. The van der Waals surface area contributed by atoms with Crippen LogP contribution in [0.3, 0.4) is 0 Å². The molecule has 2 rings (SSSR count). The molecule has 2 heterocycles. The molecule has 22 heavy (non-hydrogen) atoms. The number of rotatable bonds is 8. The second-order valence-corrected chi connectivity index (χ2v) is 5.45. The van der Waals surface area contributed by atoms with Crippen molar-refractivity contribution in [3.8, 4) is 17.4 Å². The summed E-state index contributed by atoms with van der Waals surface area (Å²) in [5, 5.41) is 0. The van der Waals surface area contributed by atoms with Gasteiger partial charge in [0.15, 0.2) is 5.82 Å². The van der Waals surface area contributed by atoms with Crippen LogP contribution in [0.1, 0.15) is 50.9 Å². The lowest BCUT2D eigenvalue weighted by atomic mass is 10.1. The zero-order chi connectivity index (χ0) is 15.8. The molecule has 2 aromatic rings. The average Bonchev–Trinajstić information content (AvgIpc) is 2.55. The molecule has 0 unspecified atom stereocenters. The van der Waals surface area contributed by atoms with Gasteiger partial charge in [-0.2, -0.15) is 4.98 Å². The molecular formula is C18H25N3O. The van der Waals surface area contributed by atoms with Crippen LogP contribution in [0, 0.1) is 0 Å². The van der Waals surface area contributed by atoms with Gasteiger partial charge in [-0.1, -0.05) is 39.2 Å². The second-order valence-electron chi connectivity index (χ2n) is 5.45. The maximum atomic E-state index is 5.32. The van der Waals surface area contributed by atoms with Crippen molar-refractivity contribution in [3.63, 3.8) is 0 Å². The number of methoxy groups -OCH3 is 1. The first-order valence-electron chi connectivity index (χ1n) is 8.15. The van der Waals surface area contributed by atoms with Gasteiger partial charge in [0.1, 0.15) is 5.69 Å². The Bertz CT molecular complexity index is 599. The van der Waals surface area contributed by atoms with Crippen molar-refractivity contribution in [2.24, 2.45) is 0 Å². The van der Waals surface area contributed by atoms with Gasteiger partial charge in [0.2, 0.25) is 5.88 Å². The van der Waals surface area contributed by atoms with Gasteiger partial charge in [-0.05, 0) is 31.4 Å². The van der Waals surface area contributed by atoms with Crippen LogP contribution in [0.2, 0.25) is 0 Å². The molecule has 0 spiro atoms. The maximum absolute atomic E-state index is 5.32. The summed E-state index contributed by atoms with van der Waals surface area (Å²) in [5.41, 5.74) is 2.93. The topological polar surface area (TPSA) is 47.9 Å². The molecule has 2 aromatic heterocycles. The molecule has 0 fully saturated rings. The SMILES string of the molecule is CCCCCc1cc(OC)nc(-c2cccc(CCC)n2)n1. The van der Waals surface area contributed by atoms with Gasteiger partial charge >= 0.3 is 0 Å². The van der Waals surface area contributed by atoms with Crippen molar-refractivity contribution < 1.29 is 4.74 Å². The quantitative estimate of drug-likeness (QED) is 0.684. The summed E-state index contributed by atoms with van der Waals surface area (Å²) in [5.74, 6) is 1.27. The van der Waals surface area contributed by atoms with Crippen LogP contribution in [0.15, 0.2) is 24.3 Å². The van der Waals surface area contributed by atoms with E-state index in [2.05, 4.69) is 34.9 Å². The molecule has 0 aromatic carbocycles. The Morgan fingerprint density at radius 3 is 2.50 bits per heavy atom. The Kier molecular flexibility index (Phi) is 6.31. The normalized spacial score (nSPS) is 10.7. The minimum atomic E-state index is 0.610. The van der Waals surface area contributed by atoms with Crippen LogP contribution in [-0.4, -0.2) is 22.1 Å². The van der Waals surface area contributed by atoms with Crippen LogP contribution in [0.25, 0.3) is 11.5 Å². The number of pyridine rings is 1. The Balaban J connectivity index is 2.28. The summed E-state index contributed by atoms with van der Waals surface area (Å²) in [4.78, 5) is 13.8. The average molecular weight is 299 g/mol. The fourth-order valence-electron chi connectivity index (χ4n) is 2.38. The molecule has 0 saturated carbocycles. The molecule has 4 nitrogen and oxygen atoms in total. The molecule has 0 radical (unpaired) electrons. The molecule has 118 valence electrons. The highest BCUT2D eigenvalue weighted by Crippen LogP contribution is 2.19. The highest BCUT2D eigenvalue weighted by molar-refractivity contribution is 5.50. The van der Waals surface area contributed by atoms with E-state index in [4.69, 9.17) is 4.74 Å². The molecule has 0 saturated heterocycles.